The van der Waals surface area contributed by atoms with Crippen molar-refractivity contribution in [2.45, 2.75) is 64.6 Å². The Bertz CT molecular complexity index is 1620. The number of carboxylic acids is 2. The fraction of sp³-hybridized carbons (Fsp3) is 0.353. The Morgan fingerprint density at radius 2 is 1.53 bits per heavy atom. The molecule has 0 atom stereocenters. The lowest BCUT2D eigenvalue weighted by molar-refractivity contribution is -0.192. The normalized spacial score (nSPS) is 12.5. The maximum Gasteiger partial charge on any atom is 0.490 e. The van der Waals surface area contributed by atoms with Crippen molar-refractivity contribution in [3.8, 4) is 22.4 Å². The van der Waals surface area contributed by atoms with Gasteiger partial charge in [-0.1, -0.05) is 69.3 Å². The average molecular weight is 623 g/mol. The van der Waals surface area contributed by atoms with E-state index in [0.29, 0.717) is 18.7 Å². The molecule has 45 heavy (non-hydrogen) atoms. The Hall–Kier alpha value is -4.51. The van der Waals surface area contributed by atoms with Gasteiger partial charge in [0.25, 0.3) is 0 Å². The average Bonchev–Trinajstić information content (AvgIpc) is 3.38. The van der Waals surface area contributed by atoms with Crippen LogP contribution in [-0.2, 0) is 36.0 Å². The van der Waals surface area contributed by atoms with E-state index in [4.69, 9.17) is 15.0 Å². The molecule has 3 N–H and O–H groups in total. The van der Waals surface area contributed by atoms with Crippen LogP contribution < -0.4 is 5.32 Å². The Morgan fingerprint density at radius 3 is 2.11 bits per heavy atom. The monoisotopic (exact) mass is 622 g/mol. The molecule has 5 rings (SSSR count). The van der Waals surface area contributed by atoms with Gasteiger partial charge in [0.2, 0.25) is 0 Å². The van der Waals surface area contributed by atoms with E-state index in [0.717, 1.165) is 54.7 Å². The fourth-order valence-electron chi connectivity index (χ4n) is 5.21. The van der Waals surface area contributed by atoms with Gasteiger partial charge in [-0.2, -0.15) is 18.3 Å². The molecule has 0 radical (unpaired) electrons. The molecule has 0 bridgehead atoms. The molecule has 11 heteroatoms. The third-order valence-corrected chi connectivity index (χ3v) is 7.65. The van der Waals surface area contributed by atoms with Gasteiger partial charge in [0.1, 0.15) is 5.69 Å². The third-order valence-electron chi connectivity index (χ3n) is 7.65. The molecule has 4 aromatic rings. The van der Waals surface area contributed by atoms with E-state index in [9.17, 15) is 23.1 Å². The first-order chi connectivity index (χ1) is 21.3. The van der Waals surface area contributed by atoms with E-state index in [1.165, 1.54) is 22.3 Å². The Labute approximate surface area is 259 Å². The molecule has 0 saturated carbocycles. The highest BCUT2D eigenvalue weighted by Gasteiger charge is 2.38. The van der Waals surface area contributed by atoms with E-state index >= 15 is 0 Å². The van der Waals surface area contributed by atoms with Gasteiger partial charge < -0.3 is 15.5 Å². The Balaban J connectivity index is 0.000000591. The van der Waals surface area contributed by atoms with Crippen LogP contribution >= 0.6 is 0 Å². The molecule has 0 spiro atoms. The summed E-state index contributed by atoms with van der Waals surface area (Å²) < 4.78 is 33.4. The molecule has 0 amide bonds. The number of halogens is 3. The Kier molecular flexibility index (Phi) is 10.4. The summed E-state index contributed by atoms with van der Waals surface area (Å²) in [6, 6.07) is 19.6. The van der Waals surface area contributed by atoms with Crippen LogP contribution in [0.2, 0.25) is 0 Å². The summed E-state index contributed by atoms with van der Waals surface area (Å²) in [6.45, 7) is 8.97. The summed E-state index contributed by atoms with van der Waals surface area (Å²) in [5.41, 5.74) is 9.40. The van der Waals surface area contributed by atoms with Crippen molar-refractivity contribution in [3.05, 3.63) is 94.9 Å². The molecule has 2 heterocycles. The zero-order chi connectivity index (χ0) is 32.8. The molecule has 238 valence electrons. The van der Waals surface area contributed by atoms with E-state index in [-0.39, 0.29) is 5.41 Å². The number of nitrogens with one attached hydrogen (secondary N) is 1. The fourth-order valence-corrected chi connectivity index (χ4v) is 5.21. The van der Waals surface area contributed by atoms with E-state index in [1.54, 1.807) is 10.9 Å². The number of hydrogen-bond acceptors (Lipinski definition) is 5. The van der Waals surface area contributed by atoms with Gasteiger partial charge in [-0.3, -0.25) is 9.67 Å². The summed E-state index contributed by atoms with van der Waals surface area (Å²) in [4.78, 5) is 25.1. The van der Waals surface area contributed by atoms with Crippen LogP contribution in [0.1, 0.15) is 59.9 Å². The van der Waals surface area contributed by atoms with Gasteiger partial charge in [0, 0.05) is 30.1 Å². The number of aryl methyl sites for hydroxylation is 2. The number of alkyl halides is 3. The number of rotatable bonds is 9. The van der Waals surface area contributed by atoms with Crippen LogP contribution in [0, 0.1) is 0 Å². The van der Waals surface area contributed by atoms with Crippen molar-refractivity contribution in [2.75, 3.05) is 13.1 Å². The lowest BCUT2D eigenvalue weighted by Gasteiger charge is -2.19. The summed E-state index contributed by atoms with van der Waals surface area (Å²) in [7, 11) is 0. The number of nitrogens with zero attached hydrogens (tertiary/aromatic N) is 3. The molecule has 0 saturated heterocycles. The zero-order valence-corrected chi connectivity index (χ0v) is 25.5. The molecular weight excluding hydrogens is 585 g/mol. The molecule has 0 unspecified atom stereocenters. The number of carboxylic acid groups (broad SMARTS) is 2. The molecule has 0 fully saturated rings. The number of pyridine rings is 1. The van der Waals surface area contributed by atoms with Crippen LogP contribution in [0.4, 0.5) is 13.2 Å². The van der Waals surface area contributed by atoms with Crippen LogP contribution in [0.15, 0.2) is 67.0 Å². The molecule has 1 aliphatic carbocycles. The molecule has 1 aliphatic rings. The summed E-state index contributed by atoms with van der Waals surface area (Å²) >= 11 is 0. The molecule has 0 aliphatic heterocycles. The lowest BCUT2D eigenvalue weighted by atomic mass is 9.86. The number of hydrogen-bond donors (Lipinski definition) is 3. The third kappa shape index (κ3) is 8.57. The van der Waals surface area contributed by atoms with Crippen LogP contribution in [-0.4, -0.2) is 56.2 Å². The van der Waals surface area contributed by atoms with Gasteiger partial charge in [-0.05, 0) is 78.1 Å². The first kappa shape index (κ1) is 33.4. The molecule has 2 aromatic heterocycles. The molecular formula is C34H37F3N4O4. The number of aromatic carboxylic acids is 1. The highest BCUT2D eigenvalue weighted by atomic mass is 19.4. The predicted octanol–water partition coefficient (Wildman–Crippen LogP) is 6.56. The number of fused-ring (bicyclic) bond motifs is 3. The number of aliphatic carboxylic acids is 1. The zero-order valence-electron chi connectivity index (χ0n) is 25.5. The second kappa shape index (κ2) is 14.1. The largest absolute Gasteiger partial charge is 0.490 e. The van der Waals surface area contributed by atoms with E-state index in [1.807, 2.05) is 12.3 Å². The van der Waals surface area contributed by atoms with Crippen molar-refractivity contribution < 1.29 is 33.0 Å². The topological polar surface area (TPSA) is 117 Å². The van der Waals surface area contributed by atoms with Gasteiger partial charge in [0.05, 0.1) is 5.69 Å². The van der Waals surface area contributed by atoms with Crippen molar-refractivity contribution >= 4 is 11.9 Å². The minimum Gasteiger partial charge on any atom is -0.477 e. The van der Waals surface area contributed by atoms with Crippen molar-refractivity contribution in [1.82, 2.24) is 20.1 Å². The van der Waals surface area contributed by atoms with Crippen molar-refractivity contribution in [3.63, 3.8) is 0 Å². The maximum atomic E-state index is 12.0. The smallest absolute Gasteiger partial charge is 0.477 e. The van der Waals surface area contributed by atoms with Gasteiger partial charge >= 0.3 is 18.1 Å². The number of benzene rings is 2. The second-order valence-electron chi connectivity index (χ2n) is 11.9. The number of carbonyl (C=O) groups is 2. The first-order valence-corrected chi connectivity index (χ1v) is 14.7. The van der Waals surface area contributed by atoms with E-state index < -0.39 is 18.1 Å². The molecule has 8 nitrogen and oxygen atoms in total. The first-order valence-electron chi connectivity index (χ1n) is 14.7. The predicted molar refractivity (Wildman–Crippen MR) is 165 cm³/mol. The SMILES string of the molecule is CC(C)(C)c1ccc(-c2ccc(CCNCCCn3nc4c(c3C(=O)O)CCc3cnccc3-4)cc2)cc1.O=C(O)C(F)(F)F. The minimum absolute atomic E-state index is 0.163. The van der Waals surface area contributed by atoms with Gasteiger partial charge in [0.15, 0.2) is 0 Å². The highest BCUT2D eigenvalue weighted by Crippen LogP contribution is 2.34. The second-order valence-corrected chi connectivity index (χ2v) is 11.9. The van der Waals surface area contributed by atoms with Crippen LogP contribution in [0.3, 0.4) is 0 Å². The van der Waals surface area contributed by atoms with Crippen molar-refractivity contribution in [1.29, 1.82) is 0 Å². The lowest BCUT2D eigenvalue weighted by Crippen LogP contribution is -2.21. The molecule has 2 aromatic carbocycles. The van der Waals surface area contributed by atoms with Crippen molar-refractivity contribution in [2.24, 2.45) is 0 Å². The highest BCUT2D eigenvalue weighted by molar-refractivity contribution is 5.90. The van der Waals surface area contributed by atoms with Crippen LogP contribution in [0.5, 0.6) is 0 Å². The minimum atomic E-state index is -5.08. The summed E-state index contributed by atoms with van der Waals surface area (Å²) in [5.74, 6) is -3.66. The Morgan fingerprint density at radius 1 is 0.911 bits per heavy atom. The summed E-state index contributed by atoms with van der Waals surface area (Å²) in [5, 5.41) is 25.2. The standard InChI is InChI=1S/C32H36N4O2.C2HF3O2/c1-32(2,3)26-12-9-24(10-13-26)23-7-5-22(6-8-23)15-18-33-17-4-20-36-30(31(37)38)28-14-11-25-21-34-19-16-27(25)29(28)35-36;3-2(4,5)1(6)7/h5-10,12-13,16,19,21,33H,4,11,14-15,17-18,20H2,1-3H3,(H,37,38);(H,6,7). The van der Waals surface area contributed by atoms with Gasteiger partial charge in [-0.15, -0.1) is 0 Å². The van der Waals surface area contributed by atoms with E-state index in [2.05, 4.69) is 79.6 Å². The maximum absolute atomic E-state index is 12.0. The van der Waals surface area contributed by atoms with Crippen LogP contribution in [0.25, 0.3) is 22.4 Å². The quantitative estimate of drug-likeness (QED) is 0.181. The van der Waals surface area contributed by atoms with Gasteiger partial charge in [-0.25, -0.2) is 9.59 Å². The number of aromatic nitrogens is 3. The summed E-state index contributed by atoms with van der Waals surface area (Å²) in [6.07, 6.45) is 1.77.